The lowest BCUT2D eigenvalue weighted by atomic mass is 10.1. The summed E-state index contributed by atoms with van der Waals surface area (Å²) in [6.07, 6.45) is 0. The van der Waals surface area contributed by atoms with E-state index in [0.29, 0.717) is 12.1 Å². The third-order valence-corrected chi connectivity index (χ3v) is 2.99. The molecule has 1 amide bonds. The van der Waals surface area contributed by atoms with Crippen molar-refractivity contribution in [3.63, 3.8) is 0 Å². The van der Waals surface area contributed by atoms with E-state index in [2.05, 4.69) is 5.32 Å². The summed E-state index contributed by atoms with van der Waals surface area (Å²) in [6, 6.07) is 17.1. The van der Waals surface area contributed by atoms with Gasteiger partial charge in [0.05, 0.1) is 0 Å². The summed E-state index contributed by atoms with van der Waals surface area (Å²) < 4.78 is 0. The lowest BCUT2D eigenvalue weighted by Gasteiger charge is -2.13. The Kier molecular flexibility index (Phi) is 4.31. The van der Waals surface area contributed by atoms with Crippen LogP contribution >= 0.6 is 0 Å². The Labute approximate surface area is 113 Å². The van der Waals surface area contributed by atoms with Crippen LogP contribution in [0.1, 0.15) is 27.5 Å². The number of carbonyl (C=O) groups is 1. The van der Waals surface area contributed by atoms with Crippen LogP contribution in [0, 0.1) is 6.92 Å². The van der Waals surface area contributed by atoms with E-state index < -0.39 is 0 Å². The number of nitrogens with one attached hydrogen (secondary N) is 1. The zero-order chi connectivity index (χ0) is 13.7. The highest BCUT2D eigenvalue weighted by atomic mass is 16.1. The van der Waals surface area contributed by atoms with Crippen LogP contribution in [0.5, 0.6) is 0 Å². The van der Waals surface area contributed by atoms with Crippen molar-refractivity contribution in [2.75, 3.05) is 6.54 Å². The Morgan fingerprint density at radius 3 is 2.58 bits per heavy atom. The molecule has 0 bridgehead atoms. The Morgan fingerprint density at radius 1 is 1.16 bits per heavy atom. The predicted molar refractivity (Wildman–Crippen MR) is 76.9 cm³/mol. The van der Waals surface area contributed by atoms with Gasteiger partial charge < -0.3 is 11.1 Å². The number of nitrogens with two attached hydrogens (primary N) is 1. The molecule has 3 N–H and O–H groups in total. The van der Waals surface area contributed by atoms with E-state index in [0.717, 1.165) is 11.1 Å². The molecular weight excluding hydrogens is 236 g/mol. The molecule has 0 spiro atoms. The molecule has 0 heterocycles. The van der Waals surface area contributed by atoms with Gasteiger partial charge in [-0.3, -0.25) is 4.79 Å². The lowest BCUT2D eigenvalue weighted by Crippen LogP contribution is -2.31. The minimum atomic E-state index is -0.185. The standard InChI is InChI=1S/C16H18N2O/c1-12-6-5-9-14(10-12)16(19)18-11-15(17)13-7-3-2-4-8-13/h2-10,15H,11,17H2,1H3,(H,18,19). The number of amides is 1. The highest BCUT2D eigenvalue weighted by molar-refractivity contribution is 5.94. The molecule has 0 aliphatic carbocycles. The van der Waals surface area contributed by atoms with Crippen LogP contribution in [0.15, 0.2) is 54.6 Å². The smallest absolute Gasteiger partial charge is 0.251 e. The second-order valence-corrected chi connectivity index (χ2v) is 4.60. The third-order valence-electron chi connectivity index (χ3n) is 2.99. The van der Waals surface area contributed by atoms with Crippen molar-refractivity contribution in [2.24, 2.45) is 5.73 Å². The van der Waals surface area contributed by atoms with Crippen molar-refractivity contribution in [3.05, 3.63) is 71.3 Å². The summed E-state index contributed by atoms with van der Waals surface area (Å²) in [7, 11) is 0. The van der Waals surface area contributed by atoms with Crippen LogP contribution in [0.4, 0.5) is 0 Å². The fourth-order valence-electron chi connectivity index (χ4n) is 1.91. The van der Waals surface area contributed by atoms with Gasteiger partial charge in [0.15, 0.2) is 0 Å². The largest absolute Gasteiger partial charge is 0.350 e. The summed E-state index contributed by atoms with van der Waals surface area (Å²) >= 11 is 0. The normalized spacial score (nSPS) is 11.9. The maximum atomic E-state index is 12.0. The van der Waals surface area contributed by atoms with Gasteiger partial charge in [-0.25, -0.2) is 0 Å². The van der Waals surface area contributed by atoms with Crippen LogP contribution in [0.25, 0.3) is 0 Å². The van der Waals surface area contributed by atoms with Gasteiger partial charge in [0, 0.05) is 18.2 Å². The number of carbonyl (C=O) groups excluding carboxylic acids is 1. The Bertz CT molecular complexity index is 552. The van der Waals surface area contributed by atoms with Gasteiger partial charge in [-0.15, -0.1) is 0 Å². The van der Waals surface area contributed by atoms with Crippen molar-refractivity contribution < 1.29 is 4.79 Å². The van der Waals surface area contributed by atoms with E-state index in [1.54, 1.807) is 6.07 Å². The van der Waals surface area contributed by atoms with Crippen molar-refractivity contribution in [1.82, 2.24) is 5.32 Å². The van der Waals surface area contributed by atoms with Crippen LogP contribution in [-0.2, 0) is 0 Å². The number of benzene rings is 2. The Balaban J connectivity index is 1.94. The number of hydrogen-bond donors (Lipinski definition) is 2. The van der Waals surface area contributed by atoms with Gasteiger partial charge in [-0.1, -0.05) is 48.0 Å². The molecule has 0 aliphatic rings. The third kappa shape index (κ3) is 3.66. The maximum Gasteiger partial charge on any atom is 0.251 e. The number of rotatable bonds is 4. The topological polar surface area (TPSA) is 55.1 Å². The molecule has 2 aromatic rings. The summed E-state index contributed by atoms with van der Waals surface area (Å²) in [4.78, 5) is 12.0. The molecule has 98 valence electrons. The first-order valence-electron chi connectivity index (χ1n) is 6.32. The monoisotopic (exact) mass is 254 g/mol. The van der Waals surface area contributed by atoms with Crippen LogP contribution in [0.3, 0.4) is 0 Å². The average Bonchev–Trinajstić information content (AvgIpc) is 2.45. The van der Waals surface area contributed by atoms with Gasteiger partial charge in [-0.2, -0.15) is 0 Å². The lowest BCUT2D eigenvalue weighted by molar-refractivity contribution is 0.0951. The van der Waals surface area contributed by atoms with Crippen LogP contribution in [0.2, 0.25) is 0 Å². The Morgan fingerprint density at radius 2 is 1.89 bits per heavy atom. The highest BCUT2D eigenvalue weighted by Crippen LogP contribution is 2.09. The molecule has 1 atom stereocenters. The number of hydrogen-bond acceptors (Lipinski definition) is 2. The van der Waals surface area contributed by atoms with Crippen molar-refractivity contribution >= 4 is 5.91 Å². The van der Waals surface area contributed by atoms with Crippen molar-refractivity contribution in [2.45, 2.75) is 13.0 Å². The van der Waals surface area contributed by atoms with E-state index in [4.69, 9.17) is 5.73 Å². The first-order valence-corrected chi connectivity index (χ1v) is 6.32. The molecule has 2 aromatic carbocycles. The van der Waals surface area contributed by atoms with E-state index in [-0.39, 0.29) is 11.9 Å². The molecule has 3 nitrogen and oxygen atoms in total. The minimum absolute atomic E-state index is 0.0879. The molecule has 3 heteroatoms. The quantitative estimate of drug-likeness (QED) is 0.880. The first kappa shape index (κ1) is 13.3. The molecule has 0 aliphatic heterocycles. The van der Waals surface area contributed by atoms with E-state index >= 15 is 0 Å². The van der Waals surface area contributed by atoms with E-state index in [9.17, 15) is 4.79 Å². The molecule has 1 unspecified atom stereocenters. The SMILES string of the molecule is Cc1cccc(C(=O)NCC(N)c2ccccc2)c1. The molecule has 0 aromatic heterocycles. The van der Waals surface area contributed by atoms with Gasteiger partial charge in [0.1, 0.15) is 0 Å². The van der Waals surface area contributed by atoms with Crippen LogP contribution < -0.4 is 11.1 Å². The highest BCUT2D eigenvalue weighted by Gasteiger charge is 2.09. The van der Waals surface area contributed by atoms with Crippen molar-refractivity contribution in [3.8, 4) is 0 Å². The minimum Gasteiger partial charge on any atom is -0.350 e. The van der Waals surface area contributed by atoms with Crippen molar-refractivity contribution in [1.29, 1.82) is 0 Å². The molecular formula is C16H18N2O. The summed E-state index contributed by atoms with van der Waals surface area (Å²) in [5, 5.41) is 2.86. The zero-order valence-corrected chi connectivity index (χ0v) is 11.0. The molecule has 0 saturated heterocycles. The second kappa shape index (κ2) is 6.16. The molecule has 2 rings (SSSR count). The van der Waals surface area contributed by atoms with Gasteiger partial charge in [0.2, 0.25) is 0 Å². The summed E-state index contributed by atoms with van der Waals surface area (Å²) in [5.41, 5.74) is 8.79. The van der Waals surface area contributed by atoms with Gasteiger partial charge in [-0.05, 0) is 24.6 Å². The van der Waals surface area contributed by atoms with Gasteiger partial charge in [0.25, 0.3) is 5.91 Å². The molecule has 0 fully saturated rings. The van der Waals surface area contributed by atoms with Gasteiger partial charge >= 0.3 is 0 Å². The first-order chi connectivity index (χ1) is 9.16. The predicted octanol–water partition coefficient (Wildman–Crippen LogP) is 2.42. The Hall–Kier alpha value is -2.13. The molecule has 19 heavy (non-hydrogen) atoms. The maximum absolute atomic E-state index is 12.0. The second-order valence-electron chi connectivity index (χ2n) is 4.60. The molecule has 0 radical (unpaired) electrons. The van der Waals surface area contributed by atoms with E-state index in [1.165, 1.54) is 0 Å². The zero-order valence-electron chi connectivity index (χ0n) is 11.0. The van der Waals surface area contributed by atoms with E-state index in [1.807, 2.05) is 55.5 Å². The van der Waals surface area contributed by atoms with Crippen LogP contribution in [-0.4, -0.2) is 12.5 Å². The fourth-order valence-corrected chi connectivity index (χ4v) is 1.91. The molecule has 0 saturated carbocycles. The summed E-state index contributed by atoms with van der Waals surface area (Å²) in [5.74, 6) is -0.0879. The number of aryl methyl sites for hydroxylation is 1. The fraction of sp³-hybridized carbons (Fsp3) is 0.188. The average molecular weight is 254 g/mol. The summed E-state index contributed by atoms with van der Waals surface area (Å²) in [6.45, 7) is 2.39.